The van der Waals surface area contributed by atoms with Crippen molar-refractivity contribution in [3.8, 4) is 6.07 Å². The molecule has 0 radical (unpaired) electrons. The normalized spacial score (nSPS) is 26.9. The first-order valence-corrected chi connectivity index (χ1v) is 6.14. The Bertz CT molecular complexity index is 512. The molecule has 3 nitrogen and oxygen atoms in total. The van der Waals surface area contributed by atoms with Crippen molar-refractivity contribution < 1.29 is 0 Å². The molecule has 0 amide bonds. The van der Waals surface area contributed by atoms with Crippen molar-refractivity contribution in [1.29, 1.82) is 5.26 Å². The number of nitriles is 1. The van der Waals surface area contributed by atoms with Crippen molar-refractivity contribution in [3.05, 3.63) is 35.7 Å². The smallest absolute Gasteiger partial charge is 0.101 e. The molecule has 3 rings (SSSR count). The van der Waals surface area contributed by atoms with Crippen LogP contribution in [0.5, 0.6) is 0 Å². The van der Waals surface area contributed by atoms with Gasteiger partial charge in [0.25, 0.3) is 0 Å². The Balaban J connectivity index is 2.01. The largest absolute Gasteiger partial charge is 0.296 e. The Morgan fingerprint density at radius 2 is 2.47 bits per heavy atom. The molecule has 0 N–H and O–H groups in total. The number of fused-ring (bicyclic) bond motifs is 2. The van der Waals surface area contributed by atoms with Crippen LogP contribution in [-0.2, 0) is 0 Å². The Morgan fingerprint density at radius 3 is 3.18 bits per heavy atom. The molecule has 86 valence electrons. The van der Waals surface area contributed by atoms with Gasteiger partial charge in [-0.15, -0.1) is 0 Å². The maximum Gasteiger partial charge on any atom is 0.101 e. The van der Waals surface area contributed by atoms with Crippen LogP contribution in [0.3, 0.4) is 0 Å². The zero-order valence-corrected chi connectivity index (χ0v) is 9.93. The third kappa shape index (κ3) is 1.57. The molecule has 2 atom stereocenters. The maximum atomic E-state index is 9.14. The number of nitrogens with zero attached hydrogens (tertiary/aromatic N) is 3. The zero-order chi connectivity index (χ0) is 11.8. The maximum absolute atomic E-state index is 9.14. The summed E-state index contributed by atoms with van der Waals surface area (Å²) >= 11 is 0. The van der Waals surface area contributed by atoms with E-state index < -0.39 is 0 Å². The number of pyridine rings is 1. The summed E-state index contributed by atoms with van der Waals surface area (Å²) in [5.41, 5.74) is 2.85. The highest BCUT2D eigenvalue weighted by Gasteiger charge is 2.39. The third-order valence-corrected chi connectivity index (χ3v) is 3.82. The van der Waals surface area contributed by atoms with Gasteiger partial charge < -0.3 is 0 Å². The standard InChI is InChI=1S/C14H15N3/c1-2-17-9-10-6-12(13(17)7-10)14-11(8-15)4-3-5-16-14/h3-6,10,13H,2,7,9H2,1H3. The molecule has 2 bridgehead atoms. The summed E-state index contributed by atoms with van der Waals surface area (Å²) in [6, 6.07) is 6.40. The van der Waals surface area contributed by atoms with Gasteiger partial charge in [-0.05, 0) is 36.6 Å². The van der Waals surface area contributed by atoms with Gasteiger partial charge in [0.15, 0.2) is 0 Å². The summed E-state index contributed by atoms with van der Waals surface area (Å²) < 4.78 is 0. The summed E-state index contributed by atoms with van der Waals surface area (Å²) in [4.78, 5) is 6.88. The van der Waals surface area contributed by atoms with Crippen LogP contribution in [0.15, 0.2) is 24.4 Å². The van der Waals surface area contributed by atoms with Crippen LogP contribution in [0.25, 0.3) is 5.57 Å². The Hall–Kier alpha value is -1.66. The molecule has 2 aliphatic rings. The minimum Gasteiger partial charge on any atom is -0.296 e. The fourth-order valence-electron chi connectivity index (χ4n) is 3.06. The van der Waals surface area contributed by atoms with E-state index in [4.69, 9.17) is 5.26 Å². The zero-order valence-electron chi connectivity index (χ0n) is 9.93. The lowest BCUT2D eigenvalue weighted by Gasteiger charge is -2.26. The number of likely N-dealkylation sites (N-methyl/N-ethyl adjacent to an activating group) is 1. The van der Waals surface area contributed by atoms with E-state index in [1.807, 2.05) is 12.1 Å². The lowest BCUT2D eigenvalue weighted by molar-refractivity contribution is 0.302. The fraction of sp³-hybridized carbons (Fsp3) is 0.429. The number of likely N-dealkylation sites (tertiary alicyclic amines) is 1. The third-order valence-electron chi connectivity index (χ3n) is 3.82. The number of rotatable bonds is 2. The molecular formula is C14H15N3. The van der Waals surface area contributed by atoms with Crippen LogP contribution in [0, 0.1) is 17.2 Å². The van der Waals surface area contributed by atoms with Crippen molar-refractivity contribution in [2.45, 2.75) is 19.4 Å². The van der Waals surface area contributed by atoms with Gasteiger partial charge in [0.05, 0.1) is 11.3 Å². The second-order valence-corrected chi connectivity index (χ2v) is 4.73. The summed E-state index contributed by atoms with van der Waals surface area (Å²) in [5.74, 6) is 0.656. The monoisotopic (exact) mass is 225 g/mol. The second-order valence-electron chi connectivity index (χ2n) is 4.73. The number of aromatic nitrogens is 1. The Kier molecular flexibility index (Phi) is 2.45. The Morgan fingerprint density at radius 1 is 1.59 bits per heavy atom. The molecule has 0 spiro atoms. The van der Waals surface area contributed by atoms with E-state index in [1.165, 1.54) is 18.5 Å². The van der Waals surface area contributed by atoms with Crippen molar-refractivity contribution in [2.24, 2.45) is 5.92 Å². The van der Waals surface area contributed by atoms with E-state index in [1.54, 1.807) is 6.20 Å². The van der Waals surface area contributed by atoms with Crippen molar-refractivity contribution in [1.82, 2.24) is 9.88 Å². The molecule has 1 aromatic heterocycles. The fourth-order valence-corrected chi connectivity index (χ4v) is 3.06. The van der Waals surface area contributed by atoms with Gasteiger partial charge >= 0.3 is 0 Å². The van der Waals surface area contributed by atoms with Gasteiger partial charge in [0.1, 0.15) is 6.07 Å². The minimum atomic E-state index is 0.479. The number of hydrogen-bond donors (Lipinski definition) is 0. The van der Waals surface area contributed by atoms with E-state index in [0.29, 0.717) is 17.5 Å². The molecule has 0 aromatic carbocycles. The first-order chi connectivity index (χ1) is 8.33. The predicted molar refractivity (Wildman–Crippen MR) is 66.1 cm³/mol. The van der Waals surface area contributed by atoms with Gasteiger partial charge in [-0.2, -0.15) is 5.26 Å². The van der Waals surface area contributed by atoms with Gasteiger partial charge in [-0.25, -0.2) is 0 Å². The molecule has 3 heteroatoms. The van der Waals surface area contributed by atoms with E-state index in [9.17, 15) is 0 Å². The van der Waals surface area contributed by atoms with Crippen LogP contribution < -0.4 is 0 Å². The SMILES string of the molecule is CCN1CC2C=C(c3ncccc3C#N)C1C2. The average Bonchev–Trinajstić information content (AvgIpc) is 2.97. The second kappa shape index (κ2) is 3.97. The molecular weight excluding hydrogens is 210 g/mol. The lowest BCUT2D eigenvalue weighted by atomic mass is 10.0. The molecule has 1 aliphatic heterocycles. The molecule has 17 heavy (non-hydrogen) atoms. The molecule has 1 fully saturated rings. The van der Waals surface area contributed by atoms with Crippen LogP contribution in [0.4, 0.5) is 0 Å². The predicted octanol–water partition coefficient (Wildman–Crippen LogP) is 2.06. The van der Waals surface area contributed by atoms with E-state index >= 15 is 0 Å². The van der Waals surface area contributed by atoms with Crippen LogP contribution in [0.1, 0.15) is 24.6 Å². The molecule has 1 saturated heterocycles. The molecule has 0 saturated carbocycles. The molecule has 1 aliphatic carbocycles. The highest BCUT2D eigenvalue weighted by molar-refractivity contribution is 5.74. The summed E-state index contributed by atoms with van der Waals surface area (Å²) in [7, 11) is 0. The van der Waals surface area contributed by atoms with E-state index in [-0.39, 0.29) is 0 Å². The minimum absolute atomic E-state index is 0.479. The molecule has 1 aromatic rings. The van der Waals surface area contributed by atoms with Crippen molar-refractivity contribution in [2.75, 3.05) is 13.1 Å². The van der Waals surface area contributed by atoms with E-state index in [2.05, 4.69) is 29.0 Å². The lowest BCUT2D eigenvalue weighted by Crippen LogP contribution is -2.32. The first kappa shape index (κ1) is 10.5. The highest BCUT2D eigenvalue weighted by atomic mass is 15.2. The molecule has 2 heterocycles. The van der Waals surface area contributed by atoms with Crippen LogP contribution in [-0.4, -0.2) is 29.0 Å². The average molecular weight is 225 g/mol. The topological polar surface area (TPSA) is 39.9 Å². The van der Waals surface area contributed by atoms with Gasteiger partial charge in [0.2, 0.25) is 0 Å². The summed E-state index contributed by atoms with van der Waals surface area (Å²) in [6.45, 7) is 4.44. The van der Waals surface area contributed by atoms with Crippen molar-refractivity contribution >= 4 is 5.57 Å². The van der Waals surface area contributed by atoms with Gasteiger partial charge in [-0.1, -0.05) is 13.0 Å². The Labute approximate surface area is 101 Å². The van der Waals surface area contributed by atoms with Crippen LogP contribution in [0.2, 0.25) is 0 Å². The van der Waals surface area contributed by atoms with Gasteiger partial charge in [0, 0.05) is 18.8 Å². The highest BCUT2D eigenvalue weighted by Crippen LogP contribution is 2.41. The first-order valence-electron chi connectivity index (χ1n) is 6.14. The molecule has 2 unspecified atom stereocenters. The summed E-state index contributed by atoms with van der Waals surface area (Å²) in [5, 5.41) is 9.14. The van der Waals surface area contributed by atoms with E-state index in [0.717, 1.165) is 12.2 Å². The van der Waals surface area contributed by atoms with Crippen molar-refractivity contribution in [3.63, 3.8) is 0 Å². The van der Waals surface area contributed by atoms with Gasteiger partial charge in [-0.3, -0.25) is 9.88 Å². The summed E-state index contributed by atoms with van der Waals surface area (Å²) in [6.07, 6.45) is 5.30. The van der Waals surface area contributed by atoms with Crippen LogP contribution >= 0.6 is 0 Å². The number of hydrogen-bond acceptors (Lipinski definition) is 3. The quantitative estimate of drug-likeness (QED) is 0.773.